The number of rotatable bonds is 5. The van der Waals surface area contributed by atoms with E-state index in [0.717, 1.165) is 10.9 Å². The Hall–Kier alpha value is -2.87. The summed E-state index contributed by atoms with van der Waals surface area (Å²) >= 11 is 0. The number of carbonyl (C=O) groups is 3. The molecule has 0 radical (unpaired) electrons. The predicted molar refractivity (Wildman–Crippen MR) is 100 cm³/mol. The van der Waals surface area contributed by atoms with Gasteiger partial charge in [0.05, 0.1) is 5.56 Å². The second-order valence-electron chi connectivity index (χ2n) is 6.69. The van der Waals surface area contributed by atoms with Crippen molar-refractivity contribution in [2.75, 3.05) is 27.3 Å². The molecule has 27 heavy (non-hydrogen) atoms. The van der Waals surface area contributed by atoms with Crippen LogP contribution in [0.2, 0.25) is 0 Å². The van der Waals surface area contributed by atoms with E-state index >= 15 is 0 Å². The van der Waals surface area contributed by atoms with Gasteiger partial charge in [-0.3, -0.25) is 14.4 Å². The van der Waals surface area contributed by atoms with Gasteiger partial charge in [0.1, 0.15) is 12.6 Å². The average Bonchev–Trinajstić information content (AvgIpc) is 3.23. The van der Waals surface area contributed by atoms with Gasteiger partial charge in [-0.25, -0.2) is 0 Å². The van der Waals surface area contributed by atoms with Gasteiger partial charge < -0.3 is 24.8 Å². The molecule has 2 N–H and O–H groups in total. The van der Waals surface area contributed by atoms with E-state index < -0.39 is 6.04 Å². The fraction of sp³-hybridized carbons (Fsp3) is 0.421. The van der Waals surface area contributed by atoms with Crippen molar-refractivity contribution < 1.29 is 19.1 Å². The Kier molecular flexibility index (Phi) is 5.46. The summed E-state index contributed by atoms with van der Waals surface area (Å²) in [5, 5.41) is 6.41. The van der Waals surface area contributed by atoms with Gasteiger partial charge in [-0.15, -0.1) is 0 Å². The number of methoxy groups -OCH3 is 1. The van der Waals surface area contributed by atoms with Crippen LogP contribution in [0.1, 0.15) is 16.8 Å². The first kappa shape index (κ1) is 18.9. The number of aromatic nitrogens is 1. The van der Waals surface area contributed by atoms with Crippen molar-refractivity contribution >= 4 is 28.6 Å². The molecular formula is C19H24N4O4. The molecular weight excluding hydrogens is 348 g/mol. The van der Waals surface area contributed by atoms with Crippen LogP contribution in [0, 0.1) is 0 Å². The Morgan fingerprint density at radius 3 is 2.70 bits per heavy atom. The molecule has 1 aromatic carbocycles. The van der Waals surface area contributed by atoms with E-state index in [2.05, 4.69) is 10.6 Å². The fourth-order valence-corrected chi connectivity index (χ4v) is 3.62. The second-order valence-corrected chi connectivity index (χ2v) is 6.69. The molecule has 1 aromatic heterocycles. The monoisotopic (exact) mass is 372 g/mol. The molecule has 0 unspecified atom stereocenters. The van der Waals surface area contributed by atoms with Gasteiger partial charge in [-0.2, -0.15) is 0 Å². The number of fused-ring (bicyclic) bond motifs is 1. The van der Waals surface area contributed by atoms with Gasteiger partial charge in [0.25, 0.3) is 5.91 Å². The third kappa shape index (κ3) is 3.66. The molecule has 1 aliphatic rings. The van der Waals surface area contributed by atoms with Crippen LogP contribution in [0.25, 0.3) is 10.9 Å². The minimum absolute atomic E-state index is 0.0997. The summed E-state index contributed by atoms with van der Waals surface area (Å²) in [5.41, 5.74) is 1.54. The van der Waals surface area contributed by atoms with Crippen molar-refractivity contribution in [3.05, 3.63) is 36.0 Å². The molecule has 8 nitrogen and oxygen atoms in total. The summed E-state index contributed by atoms with van der Waals surface area (Å²) in [6, 6.07) is 6.75. The Labute approximate surface area is 157 Å². The first-order valence-corrected chi connectivity index (χ1v) is 8.81. The van der Waals surface area contributed by atoms with Crippen LogP contribution in [0.3, 0.4) is 0 Å². The minimum Gasteiger partial charge on any atom is -0.375 e. The lowest BCUT2D eigenvalue weighted by atomic mass is 10.1. The zero-order valence-corrected chi connectivity index (χ0v) is 15.7. The van der Waals surface area contributed by atoms with Gasteiger partial charge in [0.15, 0.2) is 0 Å². The van der Waals surface area contributed by atoms with E-state index in [4.69, 9.17) is 4.74 Å². The number of ether oxygens (including phenoxy) is 1. The van der Waals surface area contributed by atoms with E-state index in [1.54, 1.807) is 6.20 Å². The summed E-state index contributed by atoms with van der Waals surface area (Å²) in [7, 11) is 4.85. The molecule has 3 rings (SSSR count). The van der Waals surface area contributed by atoms with Gasteiger partial charge in [-0.05, 0) is 12.5 Å². The standard InChI is InChI=1S/C19H24N4O4/c1-20-19(26)16-8-12(9-23(16)17(24)11-27-3)21-18(25)14-10-22(2)15-7-5-4-6-13(14)15/h4-7,10,12,16H,8-9,11H2,1-3H3,(H,20,26)(H,21,25)/t12-,16+/m1/s1. The maximum absolute atomic E-state index is 12.8. The third-order valence-electron chi connectivity index (χ3n) is 4.92. The highest BCUT2D eigenvalue weighted by Gasteiger charge is 2.39. The smallest absolute Gasteiger partial charge is 0.253 e. The maximum atomic E-state index is 12.8. The van der Waals surface area contributed by atoms with E-state index in [1.807, 2.05) is 35.9 Å². The third-order valence-corrected chi connectivity index (χ3v) is 4.92. The van der Waals surface area contributed by atoms with Crippen LogP contribution in [0.4, 0.5) is 0 Å². The van der Waals surface area contributed by atoms with Crippen molar-refractivity contribution in [3.63, 3.8) is 0 Å². The largest absolute Gasteiger partial charge is 0.375 e. The summed E-state index contributed by atoms with van der Waals surface area (Å²) in [4.78, 5) is 38.7. The lowest BCUT2D eigenvalue weighted by Crippen LogP contribution is -2.46. The quantitative estimate of drug-likeness (QED) is 0.788. The van der Waals surface area contributed by atoms with E-state index in [9.17, 15) is 14.4 Å². The Morgan fingerprint density at radius 1 is 1.26 bits per heavy atom. The lowest BCUT2D eigenvalue weighted by Gasteiger charge is -2.22. The number of benzene rings is 1. The van der Waals surface area contributed by atoms with Crippen LogP contribution in [-0.2, 0) is 21.4 Å². The first-order chi connectivity index (χ1) is 13.0. The number of hydrogen-bond donors (Lipinski definition) is 2. The van der Waals surface area contributed by atoms with Crippen LogP contribution in [0.15, 0.2) is 30.5 Å². The van der Waals surface area contributed by atoms with Crippen molar-refractivity contribution in [1.82, 2.24) is 20.1 Å². The molecule has 144 valence electrons. The van der Waals surface area contributed by atoms with E-state index in [0.29, 0.717) is 12.0 Å². The molecule has 2 heterocycles. The number of hydrogen-bond acceptors (Lipinski definition) is 4. The second kappa shape index (κ2) is 7.79. The molecule has 8 heteroatoms. The van der Waals surface area contributed by atoms with Gasteiger partial charge in [0, 0.05) is 50.9 Å². The van der Waals surface area contributed by atoms with Crippen LogP contribution >= 0.6 is 0 Å². The molecule has 1 fully saturated rings. The first-order valence-electron chi connectivity index (χ1n) is 8.81. The van der Waals surface area contributed by atoms with E-state index in [1.165, 1.54) is 19.1 Å². The van der Waals surface area contributed by atoms with E-state index in [-0.39, 0.29) is 36.9 Å². The molecule has 1 saturated heterocycles. The molecule has 0 bridgehead atoms. The average molecular weight is 372 g/mol. The van der Waals surface area contributed by atoms with Gasteiger partial charge in [-0.1, -0.05) is 18.2 Å². The molecule has 3 amide bonds. The van der Waals surface area contributed by atoms with Crippen molar-refractivity contribution in [3.8, 4) is 0 Å². The number of carbonyl (C=O) groups excluding carboxylic acids is 3. The molecule has 2 atom stereocenters. The highest BCUT2D eigenvalue weighted by atomic mass is 16.5. The van der Waals surface area contributed by atoms with Crippen molar-refractivity contribution in [2.45, 2.75) is 18.5 Å². The Morgan fingerprint density at radius 2 is 2.00 bits per heavy atom. The summed E-state index contributed by atoms with van der Waals surface area (Å²) in [6.07, 6.45) is 2.16. The Balaban J connectivity index is 1.77. The van der Waals surface area contributed by atoms with Crippen molar-refractivity contribution in [2.24, 2.45) is 7.05 Å². The number of aryl methyl sites for hydroxylation is 1. The molecule has 0 spiro atoms. The SMILES string of the molecule is CNC(=O)[C@@H]1C[C@@H](NC(=O)c2cn(C)c3ccccc23)CN1C(=O)COC. The number of nitrogens with one attached hydrogen (secondary N) is 2. The number of likely N-dealkylation sites (tertiary alicyclic amines) is 1. The molecule has 0 saturated carbocycles. The number of para-hydroxylation sites is 1. The highest BCUT2D eigenvalue weighted by molar-refractivity contribution is 6.07. The zero-order chi connectivity index (χ0) is 19.6. The number of nitrogens with zero attached hydrogens (tertiary/aromatic N) is 2. The topological polar surface area (TPSA) is 92.7 Å². The minimum atomic E-state index is -0.615. The zero-order valence-electron chi connectivity index (χ0n) is 15.7. The van der Waals surface area contributed by atoms with Crippen LogP contribution < -0.4 is 10.6 Å². The van der Waals surface area contributed by atoms with Gasteiger partial charge >= 0.3 is 0 Å². The predicted octanol–water partition coefficient (Wildman–Crippen LogP) is 0.270. The maximum Gasteiger partial charge on any atom is 0.253 e. The summed E-state index contributed by atoms with van der Waals surface area (Å²) < 4.78 is 6.80. The fourth-order valence-electron chi connectivity index (χ4n) is 3.62. The summed E-state index contributed by atoms with van der Waals surface area (Å²) in [6.45, 7) is 0.175. The molecule has 2 aromatic rings. The molecule has 0 aliphatic carbocycles. The van der Waals surface area contributed by atoms with Gasteiger partial charge in [0.2, 0.25) is 11.8 Å². The highest BCUT2D eigenvalue weighted by Crippen LogP contribution is 2.22. The Bertz CT molecular complexity index is 876. The molecule has 1 aliphatic heterocycles. The normalized spacial score (nSPS) is 19.3. The number of likely N-dealkylation sites (N-methyl/N-ethyl adjacent to an activating group) is 1. The van der Waals surface area contributed by atoms with Crippen LogP contribution in [-0.4, -0.2) is 66.6 Å². The van der Waals surface area contributed by atoms with Crippen LogP contribution in [0.5, 0.6) is 0 Å². The van der Waals surface area contributed by atoms with Crippen molar-refractivity contribution in [1.29, 1.82) is 0 Å². The summed E-state index contributed by atoms with van der Waals surface area (Å²) in [5.74, 6) is -0.733. The number of amides is 3. The lowest BCUT2D eigenvalue weighted by molar-refractivity contribution is -0.141.